The molecule has 2 fully saturated rings. The molecule has 0 bridgehead atoms. The van der Waals surface area contributed by atoms with Crippen LogP contribution in [0.2, 0.25) is 0 Å². The minimum absolute atomic E-state index is 0.321. The first-order valence-electron chi connectivity index (χ1n) is 9.71. The second kappa shape index (κ2) is 7.47. The van der Waals surface area contributed by atoms with Crippen LogP contribution in [0.1, 0.15) is 43.6 Å². The van der Waals surface area contributed by atoms with Crippen LogP contribution in [0.4, 0.5) is 0 Å². The van der Waals surface area contributed by atoms with Crippen LogP contribution >= 0.6 is 0 Å². The number of nitrogens with zero attached hydrogens (tertiary/aromatic N) is 3. The van der Waals surface area contributed by atoms with E-state index in [0.717, 1.165) is 44.5 Å². The van der Waals surface area contributed by atoms with Crippen LogP contribution in [0, 0.1) is 6.92 Å². The van der Waals surface area contributed by atoms with Gasteiger partial charge in [-0.15, -0.1) is 0 Å². The number of hydrogen-bond donors (Lipinski definition) is 2. The average Bonchev–Trinajstić information content (AvgIpc) is 3.09. The Labute approximate surface area is 154 Å². The van der Waals surface area contributed by atoms with Gasteiger partial charge < -0.3 is 14.9 Å². The molecule has 2 saturated heterocycles. The monoisotopic (exact) mass is 356 g/mol. The van der Waals surface area contributed by atoms with E-state index in [1.807, 2.05) is 12.1 Å². The molecule has 0 aliphatic carbocycles. The zero-order chi connectivity index (χ0) is 18.0. The summed E-state index contributed by atoms with van der Waals surface area (Å²) >= 11 is 0. The molecule has 1 aromatic carbocycles. The van der Waals surface area contributed by atoms with Gasteiger partial charge in [-0.05, 0) is 44.3 Å². The molecule has 0 radical (unpaired) electrons. The van der Waals surface area contributed by atoms with Crippen LogP contribution in [-0.4, -0.2) is 51.4 Å². The summed E-state index contributed by atoms with van der Waals surface area (Å²) in [6.07, 6.45) is 5.62. The largest absolute Gasteiger partial charge is 0.387 e. The maximum Gasteiger partial charge on any atom is 0.223 e. The van der Waals surface area contributed by atoms with Gasteiger partial charge in [0, 0.05) is 31.6 Å². The summed E-state index contributed by atoms with van der Waals surface area (Å²) in [6, 6.07) is 8.50. The summed E-state index contributed by atoms with van der Waals surface area (Å²) in [7, 11) is 0. The summed E-state index contributed by atoms with van der Waals surface area (Å²) in [5.41, 5.74) is 1.55. The van der Waals surface area contributed by atoms with E-state index in [-0.39, 0.29) is 0 Å². The average molecular weight is 356 g/mol. The van der Waals surface area contributed by atoms with Gasteiger partial charge in [0.05, 0.1) is 5.60 Å². The highest BCUT2D eigenvalue weighted by Gasteiger charge is 2.43. The highest BCUT2D eigenvalue weighted by atomic mass is 16.5. The molecule has 6 nitrogen and oxygen atoms in total. The van der Waals surface area contributed by atoms with Crippen molar-refractivity contribution >= 4 is 0 Å². The fraction of sp³-hybridized carbons (Fsp3) is 0.600. The van der Waals surface area contributed by atoms with E-state index in [2.05, 4.69) is 32.5 Å². The van der Waals surface area contributed by atoms with Crippen molar-refractivity contribution < 1.29 is 9.63 Å². The molecule has 3 heterocycles. The third-order valence-corrected chi connectivity index (χ3v) is 5.79. The summed E-state index contributed by atoms with van der Waals surface area (Å²) in [4.78, 5) is 6.75. The number of piperidine rings is 2. The quantitative estimate of drug-likeness (QED) is 0.857. The first kappa shape index (κ1) is 17.6. The predicted octanol–water partition coefficient (Wildman–Crippen LogP) is 2.51. The van der Waals surface area contributed by atoms with Gasteiger partial charge in [-0.25, -0.2) is 0 Å². The maximum absolute atomic E-state index is 11.2. The highest BCUT2D eigenvalue weighted by Crippen LogP contribution is 2.33. The molecule has 0 amide bonds. The molecule has 2 N–H and O–H groups in total. The Kier molecular flexibility index (Phi) is 5.07. The molecule has 2 aromatic rings. The van der Waals surface area contributed by atoms with Crippen LogP contribution in [0.5, 0.6) is 0 Å². The molecule has 0 spiro atoms. The first-order valence-corrected chi connectivity index (χ1v) is 9.71. The summed E-state index contributed by atoms with van der Waals surface area (Å²) in [6.45, 7) is 5.48. The molecule has 6 heteroatoms. The van der Waals surface area contributed by atoms with Gasteiger partial charge >= 0.3 is 0 Å². The molecule has 2 aliphatic rings. The van der Waals surface area contributed by atoms with Gasteiger partial charge in [-0.2, -0.15) is 4.98 Å². The molecule has 0 unspecified atom stereocenters. The molecular weight excluding hydrogens is 328 g/mol. The Morgan fingerprint density at radius 1 is 1.23 bits per heavy atom. The van der Waals surface area contributed by atoms with Gasteiger partial charge in [-0.1, -0.05) is 35.8 Å². The zero-order valence-corrected chi connectivity index (χ0v) is 15.4. The molecule has 2 atom stereocenters. The van der Waals surface area contributed by atoms with E-state index in [9.17, 15) is 5.11 Å². The lowest BCUT2D eigenvalue weighted by Crippen LogP contribution is -2.62. The molecular formula is C20H28N4O2. The highest BCUT2D eigenvalue weighted by molar-refractivity contribution is 5.54. The maximum atomic E-state index is 11.2. The van der Waals surface area contributed by atoms with E-state index < -0.39 is 5.60 Å². The number of rotatable bonds is 5. The second-order valence-electron chi connectivity index (χ2n) is 7.69. The minimum atomic E-state index is -0.596. The van der Waals surface area contributed by atoms with E-state index in [1.165, 1.54) is 18.4 Å². The van der Waals surface area contributed by atoms with E-state index in [1.54, 1.807) is 6.92 Å². The summed E-state index contributed by atoms with van der Waals surface area (Å²) < 4.78 is 5.03. The van der Waals surface area contributed by atoms with E-state index in [0.29, 0.717) is 24.3 Å². The number of nitrogens with one attached hydrogen (secondary N) is 1. The van der Waals surface area contributed by atoms with Crippen molar-refractivity contribution in [1.82, 2.24) is 20.4 Å². The number of aryl methyl sites for hydroxylation is 1. The molecule has 2 aliphatic heterocycles. The van der Waals surface area contributed by atoms with E-state index >= 15 is 0 Å². The Balaban J connectivity index is 1.34. The Morgan fingerprint density at radius 3 is 2.81 bits per heavy atom. The number of aliphatic hydroxyl groups is 1. The normalized spacial score (nSPS) is 26.6. The van der Waals surface area contributed by atoms with Gasteiger partial charge in [0.25, 0.3) is 0 Å². The topological polar surface area (TPSA) is 74.4 Å². The Morgan fingerprint density at radius 2 is 2.04 bits per heavy atom. The van der Waals surface area contributed by atoms with E-state index in [4.69, 9.17) is 4.52 Å². The van der Waals surface area contributed by atoms with Crippen LogP contribution in [0.25, 0.3) is 11.4 Å². The number of hydrogen-bond acceptors (Lipinski definition) is 6. The van der Waals surface area contributed by atoms with Gasteiger partial charge in [0.2, 0.25) is 11.7 Å². The lowest BCUT2D eigenvalue weighted by molar-refractivity contribution is -0.0919. The minimum Gasteiger partial charge on any atom is -0.387 e. The van der Waals surface area contributed by atoms with Gasteiger partial charge in [-0.3, -0.25) is 4.90 Å². The lowest BCUT2D eigenvalue weighted by Gasteiger charge is -2.49. The van der Waals surface area contributed by atoms with Crippen molar-refractivity contribution in [3.05, 3.63) is 35.7 Å². The van der Waals surface area contributed by atoms with Crippen molar-refractivity contribution in [3.8, 4) is 11.4 Å². The molecule has 140 valence electrons. The second-order valence-corrected chi connectivity index (χ2v) is 7.69. The third kappa shape index (κ3) is 3.68. The van der Waals surface area contributed by atoms with Crippen molar-refractivity contribution in [2.24, 2.45) is 0 Å². The standard InChI is InChI=1S/C20H28N4O2/c1-15-22-19(23-26-15)17-8-6-16(7-9-17)13-21-14-20(25)10-4-12-24-11-3-2-5-18(20)24/h6-9,18,21,25H,2-5,10-14H2,1H3/t18-,20-/m1/s1. The SMILES string of the molecule is Cc1nc(-c2ccc(CNC[C@]3(O)CCCN4CCCC[C@@H]43)cc2)no1. The molecule has 0 saturated carbocycles. The zero-order valence-electron chi connectivity index (χ0n) is 15.4. The number of fused-ring (bicyclic) bond motifs is 1. The smallest absolute Gasteiger partial charge is 0.223 e. The van der Waals surface area contributed by atoms with Crippen molar-refractivity contribution in [2.45, 2.75) is 57.2 Å². The fourth-order valence-corrected chi connectivity index (χ4v) is 4.44. The van der Waals surface area contributed by atoms with Crippen LogP contribution in [0.15, 0.2) is 28.8 Å². The van der Waals surface area contributed by atoms with Gasteiger partial charge in [0.1, 0.15) is 0 Å². The first-order chi connectivity index (χ1) is 12.6. The molecule has 4 rings (SSSR count). The third-order valence-electron chi connectivity index (χ3n) is 5.79. The van der Waals surface area contributed by atoms with Crippen molar-refractivity contribution in [3.63, 3.8) is 0 Å². The van der Waals surface area contributed by atoms with Crippen LogP contribution in [-0.2, 0) is 6.54 Å². The Hall–Kier alpha value is -1.76. The molecule has 1 aromatic heterocycles. The Bertz CT molecular complexity index is 728. The van der Waals surface area contributed by atoms with Crippen LogP contribution < -0.4 is 5.32 Å². The predicted molar refractivity (Wildman–Crippen MR) is 99.6 cm³/mol. The lowest BCUT2D eigenvalue weighted by atomic mass is 9.79. The number of benzene rings is 1. The summed E-state index contributed by atoms with van der Waals surface area (Å²) in [5, 5.41) is 18.6. The van der Waals surface area contributed by atoms with Crippen LogP contribution in [0.3, 0.4) is 0 Å². The molecule has 26 heavy (non-hydrogen) atoms. The number of aromatic nitrogens is 2. The van der Waals surface area contributed by atoms with Crippen molar-refractivity contribution in [1.29, 1.82) is 0 Å². The fourth-order valence-electron chi connectivity index (χ4n) is 4.44. The van der Waals surface area contributed by atoms with Crippen molar-refractivity contribution in [2.75, 3.05) is 19.6 Å². The summed E-state index contributed by atoms with van der Waals surface area (Å²) in [5.74, 6) is 1.19. The van der Waals surface area contributed by atoms with Gasteiger partial charge in [0.15, 0.2) is 0 Å².